The number of nitrogens with zero attached hydrogens (tertiary/aromatic N) is 1. The second-order valence-electron chi connectivity index (χ2n) is 5.86. The van der Waals surface area contributed by atoms with Crippen LogP contribution in [-0.2, 0) is 11.3 Å². The topological polar surface area (TPSA) is 58.4 Å². The smallest absolute Gasteiger partial charge is 0.236 e. The molecule has 21 heavy (non-hydrogen) atoms. The molecular formula is C16H26ClN3O. The summed E-state index contributed by atoms with van der Waals surface area (Å²) in [7, 11) is 0. The highest BCUT2D eigenvalue weighted by molar-refractivity contribution is 5.85. The molecule has 118 valence electrons. The Kier molecular flexibility index (Phi) is 7.15. The Balaban J connectivity index is 0.00000220. The van der Waals surface area contributed by atoms with Crippen molar-refractivity contribution in [2.24, 2.45) is 11.7 Å². The molecule has 1 aromatic carbocycles. The molecule has 1 heterocycles. The maximum absolute atomic E-state index is 11.6. The molecule has 0 bridgehead atoms. The summed E-state index contributed by atoms with van der Waals surface area (Å²) < 4.78 is 0. The van der Waals surface area contributed by atoms with Gasteiger partial charge in [-0.25, -0.2) is 0 Å². The predicted molar refractivity (Wildman–Crippen MR) is 88.3 cm³/mol. The highest BCUT2D eigenvalue weighted by atomic mass is 35.5. The van der Waals surface area contributed by atoms with Crippen molar-refractivity contribution in [3.63, 3.8) is 0 Å². The largest absolute Gasteiger partial charge is 0.352 e. The van der Waals surface area contributed by atoms with Crippen molar-refractivity contribution < 1.29 is 4.79 Å². The first-order chi connectivity index (χ1) is 9.56. The number of halogens is 1. The molecule has 1 aliphatic heterocycles. The van der Waals surface area contributed by atoms with Crippen LogP contribution in [0.2, 0.25) is 0 Å². The van der Waals surface area contributed by atoms with Gasteiger partial charge in [-0.2, -0.15) is 0 Å². The van der Waals surface area contributed by atoms with Crippen LogP contribution in [0.3, 0.4) is 0 Å². The Hall–Kier alpha value is -1.10. The lowest BCUT2D eigenvalue weighted by molar-refractivity contribution is -0.122. The van der Waals surface area contributed by atoms with Crippen molar-refractivity contribution in [1.82, 2.24) is 10.2 Å². The summed E-state index contributed by atoms with van der Waals surface area (Å²) in [6.07, 6.45) is 1.13. The van der Waals surface area contributed by atoms with E-state index in [0.29, 0.717) is 5.92 Å². The van der Waals surface area contributed by atoms with Gasteiger partial charge in [-0.1, -0.05) is 30.3 Å². The van der Waals surface area contributed by atoms with Crippen LogP contribution in [0.25, 0.3) is 0 Å². The van der Waals surface area contributed by atoms with Gasteiger partial charge in [-0.15, -0.1) is 12.4 Å². The van der Waals surface area contributed by atoms with E-state index >= 15 is 0 Å². The number of hydrogen-bond acceptors (Lipinski definition) is 3. The molecule has 5 heteroatoms. The summed E-state index contributed by atoms with van der Waals surface area (Å²) in [5.41, 5.74) is 6.94. The van der Waals surface area contributed by atoms with Crippen LogP contribution in [0.5, 0.6) is 0 Å². The number of benzene rings is 1. The van der Waals surface area contributed by atoms with Crippen molar-refractivity contribution in [1.29, 1.82) is 0 Å². The van der Waals surface area contributed by atoms with E-state index in [-0.39, 0.29) is 24.4 Å². The van der Waals surface area contributed by atoms with Crippen LogP contribution in [0.1, 0.15) is 25.8 Å². The van der Waals surface area contributed by atoms with Gasteiger partial charge in [0.25, 0.3) is 0 Å². The van der Waals surface area contributed by atoms with Crippen LogP contribution in [0, 0.1) is 5.92 Å². The molecule has 0 spiro atoms. The average Bonchev–Trinajstić information content (AvgIpc) is 2.88. The van der Waals surface area contributed by atoms with Crippen molar-refractivity contribution in [3.8, 4) is 0 Å². The maximum atomic E-state index is 11.6. The standard InChI is InChI=1S/C16H25N3O.ClH/c1-12(17)16(20)18-13(2)15-8-9-19(11-15)10-14-6-4-3-5-7-14;/h3-7,12-13,15H,8-11,17H2,1-2H3,(H,18,20);1H/t12-,13?,15?;/m1./s1. The molecule has 1 aliphatic rings. The molecule has 1 saturated heterocycles. The van der Waals surface area contributed by atoms with Crippen LogP contribution >= 0.6 is 12.4 Å². The third kappa shape index (κ3) is 5.30. The first-order valence-electron chi connectivity index (χ1n) is 7.38. The monoisotopic (exact) mass is 311 g/mol. The van der Waals surface area contributed by atoms with Gasteiger partial charge in [0.1, 0.15) is 0 Å². The molecule has 0 saturated carbocycles. The number of amides is 1. The molecule has 0 aliphatic carbocycles. The highest BCUT2D eigenvalue weighted by Crippen LogP contribution is 2.21. The van der Waals surface area contributed by atoms with Gasteiger partial charge in [0.15, 0.2) is 0 Å². The van der Waals surface area contributed by atoms with E-state index in [0.717, 1.165) is 26.1 Å². The predicted octanol–water partition coefficient (Wildman–Crippen LogP) is 1.78. The number of hydrogen-bond donors (Lipinski definition) is 2. The Labute approximate surface area is 133 Å². The first-order valence-corrected chi connectivity index (χ1v) is 7.38. The van der Waals surface area contributed by atoms with Gasteiger partial charge in [-0.05, 0) is 38.3 Å². The Morgan fingerprint density at radius 2 is 2.05 bits per heavy atom. The third-order valence-electron chi connectivity index (χ3n) is 4.05. The van der Waals surface area contributed by atoms with Gasteiger partial charge in [0.05, 0.1) is 6.04 Å². The quantitative estimate of drug-likeness (QED) is 0.871. The van der Waals surface area contributed by atoms with Crippen molar-refractivity contribution in [2.75, 3.05) is 13.1 Å². The fourth-order valence-corrected chi connectivity index (χ4v) is 2.73. The lowest BCUT2D eigenvalue weighted by atomic mass is 10.0. The summed E-state index contributed by atoms with van der Waals surface area (Å²) in [5.74, 6) is 0.459. The molecule has 4 nitrogen and oxygen atoms in total. The summed E-state index contributed by atoms with van der Waals surface area (Å²) >= 11 is 0. The van der Waals surface area contributed by atoms with E-state index in [4.69, 9.17) is 5.73 Å². The van der Waals surface area contributed by atoms with Crippen molar-refractivity contribution in [2.45, 2.75) is 38.9 Å². The zero-order valence-corrected chi connectivity index (χ0v) is 13.6. The highest BCUT2D eigenvalue weighted by Gasteiger charge is 2.28. The second-order valence-corrected chi connectivity index (χ2v) is 5.86. The number of rotatable bonds is 5. The average molecular weight is 312 g/mol. The van der Waals surface area contributed by atoms with Gasteiger partial charge >= 0.3 is 0 Å². The molecule has 1 aromatic rings. The van der Waals surface area contributed by atoms with Crippen molar-refractivity contribution in [3.05, 3.63) is 35.9 Å². The molecular weight excluding hydrogens is 286 g/mol. The summed E-state index contributed by atoms with van der Waals surface area (Å²) in [6.45, 7) is 6.92. The van der Waals surface area contributed by atoms with Crippen molar-refractivity contribution >= 4 is 18.3 Å². The minimum atomic E-state index is -0.431. The van der Waals surface area contributed by atoms with Gasteiger partial charge in [-0.3, -0.25) is 9.69 Å². The molecule has 0 radical (unpaired) electrons. The molecule has 2 unspecified atom stereocenters. The number of carbonyl (C=O) groups is 1. The molecule has 0 aromatic heterocycles. The molecule has 1 amide bonds. The number of nitrogens with two attached hydrogens (primary N) is 1. The van der Waals surface area contributed by atoms with E-state index < -0.39 is 6.04 Å². The lowest BCUT2D eigenvalue weighted by Crippen LogP contribution is -2.46. The zero-order chi connectivity index (χ0) is 14.5. The molecule has 3 N–H and O–H groups in total. The summed E-state index contributed by atoms with van der Waals surface area (Å²) in [5, 5.41) is 3.02. The summed E-state index contributed by atoms with van der Waals surface area (Å²) in [6, 6.07) is 10.3. The number of nitrogens with one attached hydrogen (secondary N) is 1. The van der Waals surface area contributed by atoms with Gasteiger partial charge < -0.3 is 11.1 Å². The second kappa shape index (κ2) is 8.37. The summed E-state index contributed by atoms with van der Waals surface area (Å²) in [4.78, 5) is 14.1. The van der Waals surface area contributed by atoms with Gasteiger partial charge in [0, 0.05) is 19.1 Å². The maximum Gasteiger partial charge on any atom is 0.236 e. The van der Waals surface area contributed by atoms with E-state index in [1.54, 1.807) is 6.92 Å². The molecule has 1 fully saturated rings. The van der Waals surface area contributed by atoms with E-state index in [2.05, 4.69) is 41.4 Å². The van der Waals surface area contributed by atoms with Crippen LogP contribution in [-0.4, -0.2) is 36.0 Å². The fraction of sp³-hybridized carbons (Fsp3) is 0.562. The zero-order valence-electron chi connectivity index (χ0n) is 12.8. The number of carbonyl (C=O) groups excluding carboxylic acids is 1. The minimum Gasteiger partial charge on any atom is -0.352 e. The Morgan fingerprint density at radius 1 is 1.38 bits per heavy atom. The SMILES string of the molecule is CC(NC(=O)[C@@H](C)N)C1CCN(Cc2ccccc2)C1.Cl. The Morgan fingerprint density at radius 3 is 2.67 bits per heavy atom. The third-order valence-corrected chi connectivity index (χ3v) is 4.05. The van der Waals surface area contributed by atoms with E-state index in [9.17, 15) is 4.79 Å². The van der Waals surface area contributed by atoms with Gasteiger partial charge in [0.2, 0.25) is 5.91 Å². The van der Waals surface area contributed by atoms with Crippen LogP contribution in [0.15, 0.2) is 30.3 Å². The fourth-order valence-electron chi connectivity index (χ4n) is 2.73. The van der Waals surface area contributed by atoms with E-state index in [1.807, 2.05) is 6.07 Å². The van der Waals surface area contributed by atoms with Crippen LogP contribution < -0.4 is 11.1 Å². The number of likely N-dealkylation sites (tertiary alicyclic amines) is 1. The molecule has 2 rings (SSSR count). The lowest BCUT2D eigenvalue weighted by Gasteiger charge is -2.22. The molecule has 3 atom stereocenters. The van der Waals surface area contributed by atoms with E-state index in [1.165, 1.54) is 5.56 Å². The minimum absolute atomic E-state index is 0. The van der Waals surface area contributed by atoms with Crippen LogP contribution in [0.4, 0.5) is 0 Å². The Bertz CT molecular complexity index is 438. The first kappa shape index (κ1) is 18.0. The normalized spacial score (nSPS) is 21.4.